The molecule has 2 heterocycles. The summed E-state index contributed by atoms with van der Waals surface area (Å²) >= 11 is 5.91. The number of carbonyl (C=O) groups is 1. The molecule has 0 saturated heterocycles. The molecule has 0 bridgehead atoms. The molecule has 0 aliphatic rings. The van der Waals surface area contributed by atoms with E-state index in [1.165, 1.54) is 10.6 Å². The zero-order valence-electron chi connectivity index (χ0n) is 14.2. The smallest absolute Gasteiger partial charge is 0.257 e. The van der Waals surface area contributed by atoms with E-state index >= 15 is 0 Å². The molecule has 0 aliphatic carbocycles. The van der Waals surface area contributed by atoms with Crippen molar-refractivity contribution in [2.75, 3.05) is 5.32 Å². The first-order valence-corrected chi connectivity index (χ1v) is 8.52. The molecule has 0 radical (unpaired) electrons. The Bertz CT molecular complexity index is 1210. The zero-order valence-corrected chi connectivity index (χ0v) is 15.0. The van der Waals surface area contributed by atoms with Crippen LogP contribution in [0, 0.1) is 6.92 Å². The average Bonchev–Trinajstić information content (AvgIpc) is 3.06. The van der Waals surface area contributed by atoms with Gasteiger partial charge in [0.2, 0.25) is 5.78 Å². The summed E-state index contributed by atoms with van der Waals surface area (Å²) in [5.74, 6) is 0.533. The van der Waals surface area contributed by atoms with Crippen LogP contribution in [0.5, 0.6) is 0 Å². The highest BCUT2D eigenvalue weighted by Crippen LogP contribution is 2.20. The molecule has 4 aromatic rings. The van der Waals surface area contributed by atoms with Gasteiger partial charge >= 0.3 is 0 Å². The fourth-order valence-corrected chi connectivity index (χ4v) is 2.84. The van der Waals surface area contributed by atoms with Gasteiger partial charge in [0.1, 0.15) is 5.82 Å². The van der Waals surface area contributed by atoms with E-state index in [4.69, 9.17) is 11.6 Å². The quantitative estimate of drug-likeness (QED) is 0.571. The number of hydrogen-bond acceptors (Lipinski definition) is 4. The number of aromatic nitrogens is 4. The second kappa shape index (κ2) is 6.69. The normalized spacial score (nSPS) is 10.9. The molecule has 2 aromatic carbocycles. The Kier molecular flexibility index (Phi) is 4.21. The molecule has 0 atom stereocenters. The van der Waals surface area contributed by atoms with Crippen LogP contribution in [0.1, 0.15) is 15.9 Å². The number of hydrogen-bond donors (Lipinski definition) is 2. The molecule has 1 amide bonds. The Morgan fingerprint density at radius 2 is 1.89 bits per heavy atom. The summed E-state index contributed by atoms with van der Waals surface area (Å²) in [6.45, 7) is 1.84. The lowest BCUT2D eigenvalue weighted by Gasteiger charge is -2.08. The first kappa shape index (κ1) is 17.0. The Morgan fingerprint density at radius 1 is 1.15 bits per heavy atom. The number of rotatable bonds is 3. The van der Waals surface area contributed by atoms with Crippen molar-refractivity contribution in [3.05, 3.63) is 81.1 Å². The summed E-state index contributed by atoms with van der Waals surface area (Å²) in [6, 6.07) is 15.5. The van der Waals surface area contributed by atoms with E-state index in [9.17, 15) is 9.59 Å². The molecule has 7 nitrogen and oxygen atoms in total. The highest BCUT2D eigenvalue weighted by Gasteiger charge is 2.15. The molecule has 0 spiro atoms. The van der Waals surface area contributed by atoms with Crippen LogP contribution in [0.2, 0.25) is 5.02 Å². The minimum absolute atomic E-state index is 0.229. The highest BCUT2D eigenvalue weighted by atomic mass is 35.5. The number of nitrogens with one attached hydrogen (secondary N) is 2. The molecule has 0 aliphatic heterocycles. The molecule has 4 rings (SSSR count). The summed E-state index contributed by atoms with van der Waals surface area (Å²) in [7, 11) is 0. The van der Waals surface area contributed by atoms with Gasteiger partial charge < -0.3 is 5.32 Å². The van der Waals surface area contributed by atoms with Crippen molar-refractivity contribution in [1.82, 2.24) is 19.6 Å². The van der Waals surface area contributed by atoms with Crippen LogP contribution in [0.15, 0.2) is 59.4 Å². The lowest BCUT2D eigenvalue weighted by Crippen LogP contribution is -2.19. The van der Waals surface area contributed by atoms with Crippen molar-refractivity contribution in [2.45, 2.75) is 6.92 Å². The predicted molar refractivity (Wildman–Crippen MR) is 103 cm³/mol. The maximum Gasteiger partial charge on any atom is 0.257 e. The standard InChI is InChI=1S/C19H14ClN5O2/c1-11-4-2-3-5-14(11)18(27)21-15-10-16(26)22-19-23-17(24-25(15)19)12-6-8-13(20)9-7-12/h2-10H,1H3,(H,21,27)(H,22,23,24,26). The second-order valence-electron chi connectivity index (χ2n) is 5.97. The fraction of sp³-hybridized carbons (Fsp3) is 0.0526. The number of carbonyl (C=O) groups excluding carboxylic acids is 1. The van der Waals surface area contributed by atoms with Crippen molar-refractivity contribution in [2.24, 2.45) is 0 Å². The maximum absolute atomic E-state index is 12.6. The van der Waals surface area contributed by atoms with Gasteiger partial charge in [0.05, 0.1) is 0 Å². The molecule has 27 heavy (non-hydrogen) atoms. The third kappa shape index (κ3) is 3.32. The molecule has 2 aromatic heterocycles. The van der Waals surface area contributed by atoms with Gasteiger partial charge in [-0.15, -0.1) is 5.10 Å². The summed E-state index contributed by atoms with van der Waals surface area (Å²) in [5, 5.41) is 7.74. The first-order chi connectivity index (χ1) is 13.0. The van der Waals surface area contributed by atoms with Gasteiger partial charge in [0.15, 0.2) is 5.82 Å². The summed E-state index contributed by atoms with van der Waals surface area (Å²) < 4.78 is 1.39. The van der Waals surface area contributed by atoms with E-state index in [-0.39, 0.29) is 17.5 Å². The molecule has 0 unspecified atom stereocenters. The summed E-state index contributed by atoms with van der Waals surface area (Å²) in [5.41, 5.74) is 1.69. The van der Waals surface area contributed by atoms with Crippen molar-refractivity contribution in [3.63, 3.8) is 0 Å². The Morgan fingerprint density at radius 3 is 2.63 bits per heavy atom. The van der Waals surface area contributed by atoms with Crippen LogP contribution in [-0.4, -0.2) is 25.5 Å². The molecule has 0 saturated carbocycles. The average molecular weight is 380 g/mol. The van der Waals surface area contributed by atoms with Gasteiger partial charge in [-0.25, -0.2) is 0 Å². The summed E-state index contributed by atoms with van der Waals surface area (Å²) in [6.07, 6.45) is 0. The van der Waals surface area contributed by atoms with Crippen LogP contribution in [0.3, 0.4) is 0 Å². The largest absolute Gasteiger partial charge is 0.306 e. The molecule has 8 heteroatoms. The molecular formula is C19H14ClN5O2. The summed E-state index contributed by atoms with van der Waals surface area (Å²) in [4.78, 5) is 31.5. The minimum atomic E-state index is -0.391. The van der Waals surface area contributed by atoms with Gasteiger partial charge in [0, 0.05) is 22.2 Å². The van der Waals surface area contributed by atoms with Crippen LogP contribution in [-0.2, 0) is 0 Å². The highest BCUT2D eigenvalue weighted by molar-refractivity contribution is 6.30. The van der Waals surface area contributed by atoms with Crippen molar-refractivity contribution >= 4 is 29.1 Å². The van der Waals surface area contributed by atoms with Gasteiger partial charge in [-0.1, -0.05) is 29.8 Å². The number of anilines is 1. The Hall–Kier alpha value is -3.45. The number of benzene rings is 2. The van der Waals surface area contributed by atoms with Crippen LogP contribution in [0.25, 0.3) is 17.2 Å². The minimum Gasteiger partial charge on any atom is -0.306 e. The monoisotopic (exact) mass is 379 g/mol. The first-order valence-electron chi connectivity index (χ1n) is 8.14. The Labute approximate surface area is 158 Å². The lowest BCUT2D eigenvalue weighted by molar-refractivity contribution is 0.102. The van der Waals surface area contributed by atoms with E-state index in [0.717, 1.165) is 11.1 Å². The third-order valence-electron chi connectivity index (χ3n) is 4.07. The number of nitrogens with zero attached hydrogens (tertiary/aromatic N) is 3. The van der Waals surface area contributed by atoms with Gasteiger partial charge in [0.25, 0.3) is 11.5 Å². The lowest BCUT2D eigenvalue weighted by atomic mass is 10.1. The van der Waals surface area contributed by atoms with E-state index in [0.29, 0.717) is 16.4 Å². The van der Waals surface area contributed by atoms with Crippen LogP contribution >= 0.6 is 11.6 Å². The van der Waals surface area contributed by atoms with E-state index in [1.807, 2.05) is 19.1 Å². The van der Waals surface area contributed by atoms with Crippen molar-refractivity contribution in [1.29, 1.82) is 0 Å². The van der Waals surface area contributed by atoms with Crippen molar-refractivity contribution in [3.8, 4) is 11.4 Å². The number of H-pyrrole nitrogens is 1. The fourth-order valence-electron chi connectivity index (χ4n) is 2.71. The van der Waals surface area contributed by atoms with Gasteiger partial charge in [-0.05, 0) is 42.8 Å². The third-order valence-corrected chi connectivity index (χ3v) is 4.32. The van der Waals surface area contributed by atoms with Crippen molar-refractivity contribution < 1.29 is 4.79 Å². The van der Waals surface area contributed by atoms with E-state index in [1.54, 1.807) is 36.4 Å². The second-order valence-corrected chi connectivity index (χ2v) is 6.40. The van der Waals surface area contributed by atoms with E-state index in [2.05, 4.69) is 20.4 Å². The number of aromatic amines is 1. The van der Waals surface area contributed by atoms with Gasteiger partial charge in [-0.3, -0.25) is 14.6 Å². The molecule has 0 fully saturated rings. The number of amides is 1. The zero-order chi connectivity index (χ0) is 19.0. The maximum atomic E-state index is 12.6. The molecule has 2 N–H and O–H groups in total. The van der Waals surface area contributed by atoms with Crippen LogP contribution < -0.4 is 10.9 Å². The number of halogens is 1. The van der Waals surface area contributed by atoms with Gasteiger partial charge in [-0.2, -0.15) is 9.50 Å². The van der Waals surface area contributed by atoms with Crippen LogP contribution in [0.4, 0.5) is 5.82 Å². The SMILES string of the molecule is Cc1ccccc1C(=O)Nc1cc(=O)[nH]c2nc(-c3ccc(Cl)cc3)nn12. The number of fused-ring (bicyclic) bond motifs is 1. The van der Waals surface area contributed by atoms with E-state index < -0.39 is 5.56 Å². The predicted octanol–water partition coefficient (Wildman–Crippen LogP) is 3.30. The topological polar surface area (TPSA) is 92.1 Å². The number of aryl methyl sites for hydroxylation is 1. The Balaban J connectivity index is 1.76. The molecular weight excluding hydrogens is 366 g/mol. The molecule has 134 valence electrons.